The molecule has 8 rings (SSSR count). The summed E-state index contributed by atoms with van der Waals surface area (Å²) in [4.78, 5) is 13.0. The van der Waals surface area contributed by atoms with Crippen molar-refractivity contribution in [3.63, 3.8) is 0 Å². The minimum Gasteiger partial charge on any atom is -0.506 e. The zero-order valence-corrected chi connectivity index (χ0v) is 23.2. The summed E-state index contributed by atoms with van der Waals surface area (Å²) < 4.78 is 12.0. The van der Waals surface area contributed by atoms with Gasteiger partial charge in [0.1, 0.15) is 34.8 Å². The van der Waals surface area contributed by atoms with Crippen molar-refractivity contribution < 1.29 is 24.6 Å². The summed E-state index contributed by atoms with van der Waals surface area (Å²) in [5.41, 5.74) is 2.12. The van der Waals surface area contributed by atoms with Crippen LogP contribution >= 0.6 is 0 Å². The number of nitro groups is 1. The predicted molar refractivity (Wildman–Crippen MR) is 158 cm³/mol. The van der Waals surface area contributed by atoms with Gasteiger partial charge in [0.25, 0.3) is 0 Å². The average Bonchev–Trinajstić information content (AvgIpc) is 2.98. The Bertz CT molecular complexity index is 1720. The number of aromatic hydroxyl groups is 2. The lowest BCUT2D eigenvalue weighted by molar-refractivity contribution is -0.385. The molecule has 3 unspecified atom stereocenters. The molecule has 4 fully saturated rings. The minimum atomic E-state index is -0.633. The first-order chi connectivity index (χ1) is 20.8. The first-order valence-corrected chi connectivity index (χ1v) is 14.3. The monoisotopic (exact) mass is 575 g/mol. The van der Waals surface area contributed by atoms with E-state index in [0.29, 0.717) is 34.8 Å². The van der Waals surface area contributed by atoms with Gasteiger partial charge in [-0.05, 0) is 84.2 Å². The molecule has 4 aliphatic rings. The molecular weight excluding hydrogens is 546 g/mol. The lowest BCUT2D eigenvalue weighted by Gasteiger charge is -2.63. The number of hydrogen-bond acceptors (Lipinski definition) is 8. The van der Waals surface area contributed by atoms with Crippen molar-refractivity contribution in [1.82, 2.24) is 4.90 Å². The Morgan fingerprint density at radius 2 is 1.28 bits per heavy atom. The molecule has 3 heterocycles. The van der Waals surface area contributed by atoms with Crippen molar-refractivity contribution in [2.45, 2.75) is 18.3 Å². The zero-order valence-electron chi connectivity index (χ0n) is 23.2. The molecule has 0 amide bonds. The van der Waals surface area contributed by atoms with E-state index in [1.54, 1.807) is 6.07 Å². The Labute approximate surface area is 248 Å². The van der Waals surface area contributed by atoms with Crippen molar-refractivity contribution in [2.24, 2.45) is 17.8 Å². The van der Waals surface area contributed by atoms with Crippen LogP contribution in [0.1, 0.15) is 29.5 Å². The number of nitro benzene ring substituents is 1. The first-order valence-electron chi connectivity index (χ1n) is 14.3. The standard InChI is InChI=1S/C34H29N3O6/c35-17-22-1-6-29(15-32(22)38)42-27-7-2-23(3-8-27)34(25-13-21-14-26(34)20-36(18-21)19-25)24-4-9-28(10-5-24)43-30-11-12-31(37(40)41)33(39)16-30/h1-12,15-16,21,25-26,38-39H,13-14,18-20H2/t21?,25-,26+,34?. The molecule has 9 heteroatoms. The number of phenols is 2. The van der Waals surface area contributed by atoms with Crippen LogP contribution in [-0.2, 0) is 5.41 Å². The molecule has 1 aliphatic carbocycles. The van der Waals surface area contributed by atoms with E-state index in [0.717, 1.165) is 19.0 Å². The van der Waals surface area contributed by atoms with Gasteiger partial charge in [-0.15, -0.1) is 0 Å². The van der Waals surface area contributed by atoms with Crippen molar-refractivity contribution >= 4 is 5.69 Å². The number of phenolic OH excluding ortho intramolecular Hbond substituents is 2. The van der Waals surface area contributed by atoms with Gasteiger partial charge in [-0.1, -0.05) is 24.3 Å². The number of ether oxygens (including phenoxy) is 2. The van der Waals surface area contributed by atoms with E-state index < -0.39 is 10.7 Å². The number of nitriles is 1. The third-order valence-corrected chi connectivity index (χ3v) is 9.37. The zero-order chi connectivity index (χ0) is 29.7. The van der Waals surface area contributed by atoms with Gasteiger partial charge in [0, 0.05) is 43.2 Å². The summed E-state index contributed by atoms with van der Waals surface area (Å²) >= 11 is 0. The number of benzene rings is 4. The van der Waals surface area contributed by atoms with Crippen LogP contribution in [0.2, 0.25) is 0 Å². The second kappa shape index (κ2) is 10.3. The van der Waals surface area contributed by atoms with Gasteiger partial charge in [0.05, 0.1) is 10.5 Å². The first kappa shape index (κ1) is 26.8. The molecule has 43 heavy (non-hydrogen) atoms. The van der Waals surface area contributed by atoms with Crippen molar-refractivity contribution in [2.75, 3.05) is 19.6 Å². The molecule has 0 radical (unpaired) electrons. The van der Waals surface area contributed by atoms with E-state index in [4.69, 9.17) is 14.7 Å². The predicted octanol–water partition coefficient (Wildman–Crippen LogP) is 6.72. The highest BCUT2D eigenvalue weighted by Crippen LogP contribution is 2.59. The number of nitrogens with zero attached hydrogens (tertiary/aromatic N) is 3. The molecule has 2 N–H and O–H groups in total. The molecule has 0 aromatic heterocycles. The summed E-state index contributed by atoms with van der Waals surface area (Å²) in [5, 5.41) is 40.2. The maximum atomic E-state index is 11.0. The van der Waals surface area contributed by atoms with Gasteiger partial charge in [-0.3, -0.25) is 10.1 Å². The molecule has 3 aliphatic heterocycles. The topological polar surface area (TPSA) is 129 Å². The molecule has 4 aromatic rings. The van der Waals surface area contributed by atoms with Crippen LogP contribution in [0.3, 0.4) is 0 Å². The molecule has 216 valence electrons. The largest absolute Gasteiger partial charge is 0.506 e. The summed E-state index contributed by atoms with van der Waals surface area (Å²) in [6, 6.07) is 26.9. The molecule has 3 saturated heterocycles. The second-order valence-electron chi connectivity index (χ2n) is 11.8. The highest BCUT2D eigenvalue weighted by atomic mass is 16.6. The normalized spacial score (nSPS) is 25.2. The summed E-state index contributed by atoms with van der Waals surface area (Å²) in [5.74, 6) is 3.08. The van der Waals surface area contributed by atoms with Gasteiger partial charge >= 0.3 is 5.69 Å². The minimum absolute atomic E-state index is 0.114. The Morgan fingerprint density at radius 1 is 0.767 bits per heavy atom. The molecule has 9 nitrogen and oxygen atoms in total. The van der Waals surface area contributed by atoms with Crippen LogP contribution in [0, 0.1) is 39.2 Å². The molecule has 0 spiro atoms. The molecular formula is C34H29N3O6. The second-order valence-corrected chi connectivity index (χ2v) is 11.8. The number of piperidine rings is 3. The Balaban J connectivity index is 1.20. The molecule has 4 aromatic carbocycles. The van der Waals surface area contributed by atoms with Gasteiger partial charge in [-0.25, -0.2) is 0 Å². The van der Waals surface area contributed by atoms with Crippen LogP contribution in [0.15, 0.2) is 84.9 Å². The quantitative estimate of drug-likeness (QED) is 0.184. The summed E-state index contributed by atoms with van der Waals surface area (Å²) in [7, 11) is 0. The fraction of sp³-hybridized carbons (Fsp3) is 0.265. The number of hydrogen-bond donors (Lipinski definition) is 2. The van der Waals surface area contributed by atoms with Crippen molar-refractivity contribution in [3.8, 4) is 40.6 Å². The third kappa shape index (κ3) is 4.60. The van der Waals surface area contributed by atoms with Gasteiger partial charge in [0.2, 0.25) is 0 Å². The van der Waals surface area contributed by atoms with Crippen molar-refractivity contribution in [3.05, 3.63) is 112 Å². The van der Waals surface area contributed by atoms with E-state index in [2.05, 4.69) is 29.2 Å². The van der Waals surface area contributed by atoms with Gasteiger partial charge in [0.15, 0.2) is 5.75 Å². The number of rotatable bonds is 7. The Hall–Kier alpha value is -5.07. The average molecular weight is 576 g/mol. The van der Waals surface area contributed by atoms with E-state index in [9.17, 15) is 20.3 Å². The molecule has 5 atom stereocenters. The third-order valence-electron chi connectivity index (χ3n) is 9.37. The van der Waals surface area contributed by atoms with E-state index in [1.807, 2.05) is 30.3 Å². The van der Waals surface area contributed by atoms with Gasteiger partial charge < -0.3 is 24.6 Å². The maximum absolute atomic E-state index is 11.0. The van der Waals surface area contributed by atoms with E-state index in [-0.39, 0.29) is 22.4 Å². The van der Waals surface area contributed by atoms with Crippen LogP contribution in [-0.4, -0.2) is 39.7 Å². The van der Waals surface area contributed by atoms with Gasteiger partial charge in [-0.2, -0.15) is 5.26 Å². The lowest BCUT2D eigenvalue weighted by Crippen LogP contribution is -2.65. The van der Waals surface area contributed by atoms with Crippen LogP contribution < -0.4 is 9.47 Å². The molecule has 4 bridgehead atoms. The molecule has 1 saturated carbocycles. The van der Waals surface area contributed by atoms with E-state index in [1.165, 1.54) is 60.8 Å². The van der Waals surface area contributed by atoms with Crippen LogP contribution in [0.25, 0.3) is 0 Å². The smallest absolute Gasteiger partial charge is 0.310 e. The highest BCUT2D eigenvalue weighted by Gasteiger charge is 2.58. The SMILES string of the molecule is N#Cc1ccc(Oc2ccc(C3(c4ccc(Oc5ccc([N+](=O)[O-])c(O)c5)cc4)[C@@H]4CC5C[C@H]3CN(C5)C4)cc2)cc1O. The Kier molecular flexibility index (Phi) is 6.44. The lowest BCUT2D eigenvalue weighted by atomic mass is 9.48. The Morgan fingerprint density at radius 3 is 1.74 bits per heavy atom. The summed E-state index contributed by atoms with van der Waals surface area (Å²) in [6.07, 6.45) is 2.35. The fourth-order valence-electron chi connectivity index (χ4n) is 7.77. The highest BCUT2D eigenvalue weighted by molar-refractivity contribution is 5.52. The van der Waals surface area contributed by atoms with Crippen LogP contribution in [0.5, 0.6) is 34.5 Å². The van der Waals surface area contributed by atoms with Crippen molar-refractivity contribution in [1.29, 1.82) is 5.26 Å². The summed E-state index contributed by atoms with van der Waals surface area (Å²) in [6.45, 7) is 3.29. The maximum Gasteiger partial charge on any atom is 0.310 e. The van der Waals surface area contributed by atoms with E-state index >= 15 is 0 Å². The fourth-order valence-corrected chi connectivity index (χ4v) is 7.77. The van der Waals surface area contributed by atoms with Crippen LogP contribution in [0.4, 0.5) is 5.69 Å².